The van der Waals surface area contributed by atoms with Crippen LogP contribution in [-0.2, 0) is 13.0 Å². The molecule has 0 radical (unpaired) electrons. The van der Waals surface area contributed by atoms with Crippen molar-refractivity contribution in [2.75, 3.05) is 6.54 Å². The molecular formula is C14H15F2NO2. The topological polar surface area (TPSA) is 34.4 Å². The number of halogens is 2. The summed E-state index contributed by atoms with van der Waals surface area (Å²) >= 11 is 0. The van der Waals surface area contributed by atoms with E-state index in [1.165, 1.54) is 12.1 Å². The first-order valence-electron chi connectivity index (χ1n) is 6.01. The molecule has 1 N–H and O–H groups in total. The molecule has 2 aromatic rings. The highest BCUT2D eigenvalue weighted by atomic mass is 19.3. The summed E-state index contributed by atoms with van der Waals surface area (Å²) in [7, 11) is 0. The third-order valence-corrected chi connectivity index (χ3v) is 2.61. The van der Waals surface area contributed by atoms with Crippen molar-refractivity contribution >= 4 is 0 Å². The third kappa shape index (κ3) is 4.71. The Balaban J connectivity index is 1.71. The lowest BCUT2D eigenvalue weighted by Crippen LogP contribution is -2.16. The summed E-state index contributed by atoms with van der Waals surface area (Å²) in [5.74, 6) is 1.11. The van der Waals surface area contributed by atoms with E-state index in [9.17, 15) is 8.78 Å². The predicted octanol–water partition coefficient (Wildman–Crippen LogP) is 3.21. The van der Waals surface area contributed by atoms with Crippen molar-refractivity contribution in [3.8, 4) is 5.75 Å². The highest BCUT2D eigenvalue weighted by Gasteiger charge is 2.03. The Labute approximate surface area is 110 Å². The Morgan fingerprint density at radius 3 is 2.58 bits per heavy atom. The monoisotopic (exact) mass is 267 g/mol. The maximum atomic E-state index is 12.0. The quantitative estimate of drug-likeness (QED) is 0.782. The zero-order valence-corrected chi connectivity index (χ0v) is 10.3. The molecule has 19 heavy (non-hydrogen) atoms. The van der Waals surface area contributed by atoms with Gasteiger partial charge < -0.3 is 14.5 Å². The molecule has 1 aromatic heterocycles. The van der Waals surface area contributed by atoms with Crippen LogP contribution in [0.4, 0.5) is 8.78 Å². The molecule has 0 atom stereocenters. The second-order valence-corrected chi connectivity index (χ2v) is 4.03. The SMILES string of the molecule is FC(F)Oc1ccc(CNCCc2ccco2)cc1. The highest BCUT2D eigenvalue weighted by Crippen LogP contribution is 2.14. The number of ether oxygens (including phenoxy) is 1. The molecule has 0 aliphatic rings. The average molecular weight is 267 g/mol. The molecular weight excluding hydrogens is 252 g/mol. The number of hydrogen-bond donors (Lipinski definition) is 1. The van der Waals surface area contributed by atoms with Gasteiger partial charge >= 0.3 is 6.61 Å². The molecule has 0 aliphatic carbocycles. The second-order valence-electron chi connectivity index (χ2n) is 4.03. The number of nitrogens with one attached hydrogen (secondary N) is 1. The Bertz CT molecular complexity index is 469. The van der Waals surface area contributed by atoms with E-state index < -0.39 is 6.61 Å². The molecule has 0 unspecified atom stereocenters. The van der Waals surface area contributed by atoms with Gasteiger partial charge in [-0.15, -0.1) is 0 Å². The smallest absolute Gasteiger partial charge is 0.387 e. The Morgan fingerprint density at radius 2 is 1.95 bits per heavy atom. The zero-order chi connectivity index (χ0) is 13.5. The summed E-state index contributed by atoms with van der Waals surface area (Å²) in [5, 5.41) is 3.25. The van der Waals surface area contributed by atoms with Crippen LogP contribution in [0.2, 0.25) is 0 Å². The summed E-state index contributed by atoms with van der Waals surface area (Å²) in [6.45, 7) is -1.31. The van der Waals surface area contributed by atoms with E-state index in [4.69, 9.17) is 4.42 Å². The molecule has 0 fully saturated rings. The second kappa shape index (κ2) is 6.89. The van der Waals surface area contributed by atoms with Gasteiger partial charge in [0.1, 0.15) is 11.5 Å². The van der Waals surface area contributed by atoms with Gasteiger partial charge in [0.25, 0.3) is 0 Å². The number of hydrogen-bond acceptors (Lipinski definition) is 3. The van der Waals surface area contributed by atoms with Crippen LogP contribution in [0.15, 0.2) is 47.1 Å². The fourth-order valence-electron chi connectivity index (χ4n) is 1.69. The fraction of sp³-hybridized carbons (Fsp3) is 0.286. The van der Waals surface area contributed by atoms with Gasteiger partial charge in [-0.1, -0.05) is 12.1 Å². The standard InChI is InChI=1S/C14H15F2NO2/c15-14(16)19-13-5-3-11(4-6-13)10-17-8-7-12-2-1-9-18-12/h1-6,9,14,17H,7-8,10H2. The van der Waals surface area contributed by atoms with Crippen LogP contribution >= 0.6 is 0 Å². The molecule has 0 amide bonds. The van der Waals surface area contributed by atoms with Crippen molar-refractivity contribution in [3.63, 3.8) is 0 Å². The minimum absolute atomic E-state index is 0.175. The summed E-state index contributed by atoms with van der Waals surface area (Å²) in [6.07, 6.45) is 2.47. The normalized spacial score (nSPS) is 10.9. The molecule has 3 nitrogen and oxygen atoms in total. The van der Waals surface area contributed by atoms with E-state index in [0.29, 0.717) is 6.54 Å². The number of furan rings is 1. The Kier molecular flexibility index (Phi) is 4.92. The van der Waals surface area contributed by atoms with Crippen LogP contribution in [0.3, 0.4) is 0 Å². The Hall–Kier alpha value is -1.88. The molecule has 5 heteroatoms. The highest BCUT2D eigenvalue weighted by molar-refractivity contribution is 5.27. The van der Waals surface area contributed by atoms with Crippen molar-refractivity contribution in [2.24, 2.45) is 0 Å². The van der Waals surface area contributed by atoms with Crippen molar-refractivity contribution in [1.29, 1.82) is 0 Å². The van der Waals surface area contributed by atoms with Crippen molar-refractivity contribution < 1.29 is 17.9 Å². The molecule has 1 aromatic carbocycles. The minimum atomic E-state index is -2.78. The van der Waals surface area contributed by atoms with E-state index in [1.807, 2.05) is 12.1 Å². The largest absolute Gasteiger partial charge is 0.469 e. The van der Waals surface area contributed by atoms with Crippen LogP contribution in [0.1, 0.15) is 11.3 Å². The lowest BCUT2D eigenvalue weighted by Gasteiger charge is -2.06. The van der Waals surface area contributed by atoms with Gasteiger partial charge in [-0.2, -0.15) is 8.78 Å². The molecule has 102 valence electrons. The van der Waals surface area contributed by atoms with Crippen LogP contribution in [-0.4, -0.2) is 13.2 Å². The molecule has 1 heterocycles. The van der Waals surface area contributed by atoms with Gasteiger partial charge in [0.05, 0.1) is 6.26 Å². The summed E-state index contributed by atoms with van der Waals surface area (Å²) in [5.41, 5.74) is 1.01. The lowest BCUT2D eigenvalue weighted by atomic mass is 10.2. The third-order valence-electron chi connectivity index (χ3n) is 2.61. The van der Waals surface area contributed by atoms with Crippen molar-refractivity contribution in [3.05, 3.63) is 54.0 Å². The Morgan fingerprint density at radius 1 is 1.16 bits per heavy atom. The van der Waals surface area contributed by atoms with Crippen LogP contribution < -0.4 is 10.1 Å². The molecule has 0 bridgehead atoms. The summed E-state index contributed by atoms with van der Waals surface area (Å²) in [4.78, 5) is 0. The van der Waals surface area contributed by atoms with Gasteiger partial charge in [0.2, 0.25) is 0 Å². The van der Waals surface area contributed by atoms with Crippen molar-refractivity contribution in [2.45, 2.75) is 19.6 Å². The van der Waals surface area contributed by atoms with Gasteiger partial charge in [0.15, 0.2) is 0 Å². The van der Waals surface area contributed by atoms with Crippen LogP contribution in [0.25, 0.3) is 0 Å². The zero-order valence-electron chi connectivity index (χ0n) is 10.3. The fourth-order valence-corrected chi connectivity index (χ4v) is 1.69. The van der Waals surface area contributed by atoms with Crippen molar-refractivity contribution in [1.82, 2.24) is 5.32 Å². The molecule has 2 rings (SSSR count). The van der Waals surface area contributed by atoms with Crippen LogP contribution in [0.5, 0.6) is 5.75 Å². The van der Waals surface area contributed by atoms with Crippen LogP contribution in [0, 0.1) is 0 Å². The average Bonchev–Trinajstić information content (AvgIpc) is 2.89. The van der Waals surface area contributed by atoms with E-state index in [2.05, 4.69) is 10.1 Å². The molecule has 0 spiro atoms. The van der Waals surface area contributed by atoms with E-state index >= 15 is 0 Å². The first-order chi connectivity index (χ1) is 9.24. The number of rotatable bonds is 7. The maximum Gasteiger partial charge on any atom is 0.387 e. The molecule has 0 aliphatic heterocycles. The molecule has 0 saturated heterocycles. The van der Waals surface area contributed by atoms with E-state index in [-0.39, 0.29) is 5.75 Å². The maximum absolute atomic E-state index is 12.0. The van der Waals surface area contributed by atoms with E-state index in [1.54, 1.807) is 18.4 Å². The summed E-state index contributed by atoms with van der Waals surface area (Å²) in [6, 6.07) is 10.4. The van der Waals surface area contributed by atoms with E-state index in [0.717, 1.165) is 24.3 Å². The van der Waals surface area contributed by atoms with Gasteiger partial charge in [-0.25, -0.2) is 0 Å². The van der Waals surface area contributed by atoms with Gasteiger partial charge in [-0.05, 0) is 29.8 Å². The van der Waals surface area contributed by atoms with Gasteiger partial charge in [-0.3, -0.25) is 0 Å². The van der Waals surface area contributed by atoms with Gasteiger partial charge in [0, 0.05) is 19.5 Å². The first-order valence-corrected chi connectivity index (χ1v) is 6.01. The number of benzene rings is 1. The lowest BCUT2D eigenvalue weighted by molar-refractivity contribution is -0.0498. The predicted molar refractivity (Wildman–Crippen MR) is 67.2 cm³/mol. The first kappa shape index (κ1) is 13.5. The minimum Gasteiger partial charge on any atom is -0.469 e. The summed E-state index contributed by atoms with van der Waals surface area (Å²) < 4.78 is 33.4. The molecule has 0 saturated carbocycles. The number of alkyl halides is 2.